The molecule has 0 aromatic carbocycles. The fourth-order valence-corrected chi connectivity index (χ4v) is 2.79. The summed E-state index contributed by atoms with van der Waals surface area (Å²) in [5.74, 6) is 0.399. The second kappa shape index (κ2) is 8.65. The SMILES string of the molecule is CCCNC(c1c(Cl)cnn1CCC)C(OC)C(C)C. The van der Waals surface area contributed by atoms with Crippen molar-refractivity contribution in [2.75, 3.05) is 13.7 Å². The minimum atomic E-state index is 0.0708. The third-order valence-electron chi connectivity index (χ3n) is 3.44. The maximum atomic E-state index is 6.38. The normalized spacial score (nSPS) is 14.8. The lowest BCUT2D eigenvalue weighted by molar-refractivity contribution is 0.0301. The number of rotatable bonds is 9. The average molecular weight is 302 g/mol. The van der Waals surface area contributed by atoms with Gasteiger partial charge in [0.1, 0.15) is 0 Å². The van der Waals surface area contributed by atoms with Crippen LogP contribution < -0.4 is 5.32 Å². The average Bonchev–Trinajstić information content (AvgIpc) is 2.76. The Morgan fingerprint density at radius 2 is 2.05 bits per heavy atom. The van der Waals surface area contributed by atoms with Crippen LogP contribution in [0.25, 0.3) is 0 Å². The number of aromatic nitrogens is 2. The van der Waals surface area contributed by atoms with Crippen molar-refractivity contribution in [2.24, 2.45) is 5.92 Å². The van der Waals surface area contributed by atoms with Gasteiger partial charge >= 0.3 is 0 Å². The van der Waals surface area contributed by atoms with Crippen LogP contribution in [0.5, 0.6) is 0 Å². The lowest BCUT2D eigenvalue weighted by Crippen LogP contribution is -2.38. The van der Waals surface area contributed by atoms with Gasteiger partial charge in [0, 0.05) is 13.7 Å². The molecule has 116 valence electrons. The van der Waals surface area contributed by atoms with Gasteiger partial charge in [0.2, 0.25) is 0 Å². The van der Waals surface area contributed by atoms with Crippen LogP contribution in [0.15, 0.2) is 6.20 Å². The van der Waals surface area contributed by atoms with E-state index in [4.69, 9.17) is 16.3 Å². The van der Waals surface area contributed by atoms with E-state index in [1.807, 2.05) is 4.68 Å². The molecule has 5 heteroatoms. The first-order valence-electron chi connectivity index (χ1n) is 7.54. The van der Waals surface area contributed by atoms with Crippen molar-refractivity contribution in [3.05, 3.63) is 16.9 Å². The quantitative estimate of drug-likeness (QED) is 0.756. The van der Waals surface area contributed by atoms with Gasteiger partial charge in [0.25, 0.3) is 0 Å². The van der Waals surface area contributed by atoms with Crippen LogP contribution in [0.1, 0.15) is 52.3 Å². The first-order valence-corrected chi connectivity index (χ1v) is 7.91. The molecule has 0 aliphatic heterocycles. The van der Waals surface area contributed by atoms with E-state index in [2.05, 4.69) is 38.1 Å². The van der Waals surface area contributed by atoms with Gasteiger partial charge in [0.15, 0.2) is 0 Å². The molecule has 0 fully saturated rings. The molecule has 0 saturated heterocycles. The van der Waals surface area contributed by atoms with Gasteiger partial charge in [0.05, 0.1) is 29.1 Å². The zero-order valence-electron chi connectivity index (χ0n) is 13.3. The number of hydrogen-bond acceptors (Lipinski definition) is 3. The maximum absolute atomic E-state index is 6.38. The Kier molecular flexibility index (Phi) is 7.56. The van der Waals surface area contributed by atoms with E-state index in [1.54, 1.807) is 13.3 Å². The van der Waals surface area contributed by atoms with Crippen LogP contribution in [-0.4, -0.2) is 29.5 Å². The van der Waals surface area contributed by atoms with E-state index in [0.29, 0.717) is 5.92 Å². The number of methoxy groups -OCH3 is 1. The molecule has 1 aromatic rings. The molecule has 0 amide bonds. The summed E-state index contributed by atoms with van der Waals surface area (Å²) < 4.78 is 7.72. The second-order valence-corrected chi connectivity index (χ2v) is 5.88. The highest BCUT2D eigenvalue weighted by Gasteiger charge is 2.30. The van der Waals surface area contributed by atoms with Gasteiger partial charge in [-0.3, -0.25) is 4.68 Å². The van der Waals surface area contributed by atoms with Crippen LogP contribution in [-0.2, 0) is 11.3 Å². The number of hydrogen-bond donors (Lipinski definition) is 1. The highest BCUT2D eigenvalue weighted by atomic mass is 35.5. The molecule has 4 nitrogen and oxygen atoms in total. The van der Waals surface area contributed by atoms with Gasteiger partial charge in [-0.1, -0.05) is 39.3 Å². The van der Waals surface area contributed by atoms with Crippen molar-refractivity contribution < 1.29 is 4.74 Å². The molecule has 1 aromatic heterocycles. The third-order valence-corrected chi connectivity index (χ3v) is 3.73. The van der Waals surface area contributed by atoms with E-state index in [0.717, 1.165) is 36.6 Å². The molecule has 0 aliphatic rings. The predicted octanol–water partition coefficient (Wildman–Crippen LogP) is 3.66. The van der Waals surface area contributed by atoms with Crippen LogP contribution in [0.3, 0.4) is 0 Å². The first kappa shape index (κ1) is 17.5. The van der Waals surface area contributed by atoms with Gasteiger partial charge in [-0.2, -0.15) is 5.10 Å². The first-order chi connectivity index (χ1) is 9.56. The zero-order chi connectivity index (χ0) is 15.1. The number of aryl methyl sites for hydroxylation is 1. The molecule has 0 aliphatic carbocycles. The van der Waals surface area contributed by atoms with Crippen LogP contribution in [0.4, 0.5) is 0 Å². The summed E-state index contributed by atoms with van der Waals surface area (Å²) in [4.78, 5) is 0. The Labute approximate surface area is 127 Å². The number of nitrogens with zero attached hydrogens (tertiary/aromatic N) is 2. The van der Waals surface area contributed by atoms with Crippen LogP contribution >= 0.6 is 11.6 Å². The molecule has 1 rings (SSSR count). The smallest absolute Gasteiger partial charge is 0.0835 e. The molecule has 2 unspecified atom stereocenters. The largest absolute Gasteiger partial charge is 0.379 e. The van der Waals surface area contributed by atoms with Crippen molar-refractivity contribution in [1.29, 1.82) is 0 Å². The van der Waals surface area contributed by atoms with Gasteiger partial charge in [-0.25, -0.2) is 0 Å². The van der Waals surface area contributed by atoms with E-state index >= 15 is 0 Å². The zero-order valence-corrected chi connectivity index (χ0v) is 14.1. The number of nitrogens with one attached hydrogen (secondary N) is 1. The second-order valence-electron chi connectivity index (χ2n) is 5.48. The minimum absolute atomic E-state index is 0.0708. The fraction of sp³-hybridized carbons (Fsp3) is 0.800. The minimum Gasteiger partial charge on any atom is -0.379 e. The number of halogens is 1. The molecule has 0 saturated carbocycles. The van der Waals surface area contributed by atoms with Crippen molar-refractivity contribution in [3.63, 3.8) is 0 Å². The monoisotopic (exact) mass is 301 g/mol. The Hall–Kier alpha value is -0.580. The van der Waals surface area contributed by atoms with Crippen molar-refractivity contribution in [3.8, 4) is 0 Å². The van der Waals surface area contributed by atoms with Crippen molar-refractivity contribution in [1.82, 2.24) is 15.1 Å². The summed E-state index contributed by atoms with van der Waals surface area (Å²) >= 11 is 6.38. The summed E-state index contributed by atoms with van der Waals surface area (Å²) in [5.41, 5.74) is 1.04. The molecule has 2 atom stereocenters. The molecule has 1 N–H and O–H groups in total. The Balaban J connectivity index is 3.11. The van der Waals surface area contributed by atoms with E-state index < -0.39 is 0 Å². The van der Waals surface area contributed by atoms with Gasteiger partial charge in [-0.15, -0.1) is 0 Å². The lowest BCUT2D eigenvalue weighted by atomic mass is 9.96. The molecule has 0 spiro atoms. The Morgan fingerprint density at radius 3 is 2.55 bits per heavy atom. The van der Waals surface area contributed by atoms with Crippen molar-refractivity contribution in [2.45, 2.75) is 59.2 Å². The lowest BCUT2D eigenvalue weighted by Gasteiger charge is -2.30. The fourth-order valence-electron chi connectivity index (χ4n) is 2.53. The molecule has 0 bridgehead atoms. The Morgan fingerprint density at radius 1 is 1.35 bits per heavy atom. The summed E-state index contributed by atoms with van der Waals surface area (Å²) in [6.07, 6.45) is 3.92. The van der Waals surface area contributed by atoms with E-state index in [9.17, 15) is 0 Å². The molecular weight excluding hydrogens is 274 g/mol. The van der Waals surface area contributed by atoms with Crippen LogP contribution in [0, 0.1) is 5.92 Å². The number of ether oxygens (including phenoxy) is 1. The molecule has 0 radical (unpaired) electrons. The highest BCUT2D eigenvalue weighted by Crippen LogP contribution is 2.30. The van der Waals surface area contributed by atoms with Crippen molar-refractivity contribution >= 4 is 11.6 Å². The molecular formula is C15H28ClN3O. The van der Waals surface area contributed by atoms with Crippen LogP contribution in [0.2, 0.25) is 5.02 Å². The standard InChI is InChI=1S/C15H28ClN3O/c1-6-8-17-13(15(20-5)11(3)4)14-12(16)10-18-19(14)9-7-2/h10-11,13,15,17H,6-9H2,1-5H3. The topological polar surface area (TPSA) is 39.1 Å². The van der Waals surface area contributed by atoms with Gasteiger partial charge in [-0.05, 0) is 25.3 Å². The third kappa shape index (κ3) is 4.21. The molecule has 20 heavy (non-hydrogen) atoms. The van der Waals surface area contributed by atoms with E-state index in [-0.39, 0.29) is 12.1 Å². The molecule has 1 heterocycles. The van der Waals surface area contributed by atoms with Gasteiger partial charge < -0.3 is 10.1 Å². The Bertz CT molecular complexity index is 392. The summed E-state index contributed by atoms with van der Waals surface area (Å²) in [6, 6.07) is 0.0708. The maximum Gasteiger partial charge on any atom is 0.0835 e. The predicted molar refractivity (Wildman–Crippen MR) is 84.2 cm³/mol. The summed E-state index contributed by atoms with van der Waals surface area (Å²) in [5, 5.41) is 8.69. The van der Waals surface area contributed by atoms with E-state index in [1.165, 1.54) is 0 Å². The summed E-state index contributed by atoms with van der Waals surface area (Å²) in [7, 11) is 1.76. The summed E-state index contributed by atoms with van der Waals surface area (Å²) in [6.45, 7) is 10.5. The highest BCUT2D eigenvalue weighted by molar-refractivity contribution is 6.31.